The fraction of sp³-hybridized carbons (Fsp3) is 0.364. The zero-order chi connectivity index (χ0) is 30.1. The summed E-state index contributed by atoms with van der Waals surface area (Å²) in [6.45, 7) is 3.79. The van der Waals surface area contributed by atoms with Crippen LogP contribution in [0.2, 0.25) is 0 Å². The molecule has 0 unspecified atom stereocenters. The Hall–Kier alpha value is -3.66. The molecule has 224 valence electrons. The van der Waals surface area contributed by atoms with E-state index in [1.807, 2.05) is 42.5 Å². The van der Waals surface area contributed by atoms with Crippen LogP contribution in [0, 0.1) is 0 Å². The van der Waals surface area contributed by atoms with Crippen molar-refractivity contribution in [3.63, 3.8) is 0 Å². The van der Waals surface area contributed by atoms with E-state index in [0.717, 1.165) is 53.5 Å². The predicted molar refractivity (Wildman–Crippen MR) is 158 cm³/mol. The van der Waals surface area contributed by atoms with Gasteiger partial charge >= 0.3 is 6.18 Å². The lowest BCUT2D eigenvalue weighted by atomic mass is 10.00. The number of hydrogen-bond acceptors (Lipinski definition) is 4. The lowest BCUT2D eigenvalue weighted by Gasteiger charge is -2.25. The van der Waals surface area contributed by atoms with Crippen LogP contribution in [0.1, 0.15) is 46.0 Å². The molecule has 9 heteroatoms. The molecular formula is C33H38F3N3O3. The number of aryl methyl sites for hydroxylation is 2. The third-order valence-corrected chi connectivity index (χ3v) is 7.37. The third-order valence-electron chi connectivity index (χ3n) is 7.37. The van der Waals surface area contributed by atoms with Gasteiger partial charge in [-0.3, -0.25) is 4.79 Å². The van der Waals surface area contributed by atoms with Gasteiger partial charge in [-0.05, 0) is 60.2 Å². The number of ether oxygens (including phenoxy) is 1. The first kappa shape index (κ1) is 31.3. The van der Waals surface area contributed by atoms with Gasteiger partial charge in [0.2, 0.25) is 0 Å². The summed E-state index contributed by atoms with van der Waals surface area (Å²) in [5.41, 5.74) is 3.38. The van der Waals surface area contributed by atoms with Crippen molar-refractivity contribution in [3.05, 3.63) is 107 Å². The Morgan fingerprint density at radius 1 is 1.02 bits per heavy atom. The van der Waals surface area contributed by atoms with Crippen LogP contribution >= 0.6 is 0 Å². The van der Waals surface area contributed by atoms with Gasteiger partial charge < -0.3 is 25.0 Å². The number of fused-ring (bicyclic) bond motifs is 1. The molecule has 4 aromatic rings. The smallest absolute Gasteiger partial charge is 0.390 e. The highest BCUT2D eigenvalue weighted by Gasteiger charge is 2.30. The molecule has 0 fully saturated rings. The van der Waals surface area contributed by atoms with Crippen LogP contribution in [0.5, 0.6) is 0 Å². The minimum Gasteiger partial charge on any atom is -0.390 e. The Balaban J connectivity index is 1.48. The van der Waals surface area contributed by atoms with E-state index in [2.05, 4.69) is 28.3 Å². The van der Waals surface area contributed by atoms with Crippen LogP contribution < -0.4 is 10.6 Å². The predicted octanol–water partition coefficient (Wildman–Crippen LogP) is 5.75. The quantitative estimate of drug-likeness (QED) is 0.166. The summed E-state index contributed by atoms with van der Waals surface area (Å²) >= 11 is 0. The number of benzene rings is 3. The molecule has 2 atom stereocenters. The van der Waals surface area contributed by atoms with Crippen molar-refractivity contribution in [1.29, 1.82) is 0 Å². The molecule has 4 rings (SSSR count). The number of nitrogens with one attached hydrogen (secondary N) is 2. The van der Waals surface area contributed by atoms with E-state index in [4.69, 9.17) is 4.74 Å². The Morgan fingerprint density at radius 3 is 2.50 bits per heavy atom. The van der Waals surface area contributed by atoms with Crippen molar-refractivity contribution in [2.45, 2.75) is 57.6 Å². The highest BCUT2D eigenvalue weighted by atomic mass is 19.4. The van der Waals surface area contributed by atoms with Crippen molar-refractivity contribution in [2.24, 2.45) is 0 Å². The standard InChI is InChI=1S/C33H38F3N3O3/c1-3-25-22-39(15-8-16-42-2)30-14-13-26(19-28(25)30)32(41)38-29(18-23-9-5-4-6-10-23)31(40)21-37-20-24-11-7-12-27(17-24)33(34,35)36/h4-7,9-14,17,19,22,29,31,37,40H,3,8,15-16,18,20-21H2,1-2H3,(H,38,41)/t29-,31+/m0/s1. The second-order valence-electron chi connectivity index (χ2n) is 10.4. The van der Waals surface area contributed by atoms with E-state index in [0.29, 0.717) is 24.2 Å². The van der Waals surface area contributed by atoms with Crippen molar-refractivity contribution < 1.29 is 27.8 Å². The number of methoxy groups -OCH3 is 1. The molecule has 1 heterocycles. The van der Waals surface area contributed by atoms with Gasteiger partial charge in [-0.15, -0.1) is 0 Å². The molecule has 0 spiro atoms. The summed E-state index contributed by atoms with van der Waals surface area (Å²) in [6.07, 6.45) is -1.19. The molecule has 3 N–H and O–H groups in total. The minimum absolute atomic E-state index is 0.0807. The molecule has 0 aliphatic heterocycles. The van der Waals surface area contributed by atoms with Gasteiger partial charge in [-0.2, -0.15) is 13.2 Å². The Bertz CT molecular complexity index is 1450. The van der Waals surface area contributed by atoms with Crippen LogP contribution in [0.4, 0.5) is 13.2 Å². The maximum Gasteiger partial charge on any atom is 0.416 e. The Morgan fingerprint density at radius 2 is 1.79 bits per heavy atom. The van der Waals surface area contributed by atoms with Gasteiger partial charge in [0.1, 0.15) is 0 Å². The van der Waals surface area contributed by atoms with Crippen LogP contribution in [0.3, 0.4) is 0 Å². The van der Waals surface area contributed by atoms with E-state index >= 15 is 0 Å². The monoisotopic (exact) mass is 581 g/mol. The highest BCUT2D eigenvalue weighted by molar-refractivity contribution is 5.99. The largest absolute Gasteiger partial charge is 0.416 e. The molecule has 1 amide bonds. The molecule has 1 aromatic heterocycles. The van der Waals surface area contributed by atoms with Gasteiger partial charge in [0.15, 0.2) is 0 Å². The summed E-state index contributed by atoms with van der Waals surface area (Å²) in [4.78, 5) is 13.5. The van der Waals surface area contributed by atoms with E-state index in [1.54, 1.807) is 19.2 Å². The summed E-state index contributed by atoms with van der Waals surface area (Å²) < 4.78 is 46.6. The zero-order valence-corrected chi connectivity index (χ0v) is 24.0. The molecule has 0 saturated carbocycles. The third kappa shape index (κ3) is 8.21. The van der Waals surface area contributed by atoms with Crippen molar-refractivity contribution in [3.8, 4) is 0 Å². The van der Waals surface area contributed by atoms with Crippen LogP contribution in [-0.4, -0.2) is 48.0 Å². The first-order valence-electron chi connectivity index (χ1n) is 14.2. The number of carbonyl (C=O) groups excluding carboxylic acids is 1. The van der Waals surface area contributed by atoms with Gasteiger partial charge in [0.25, 0.3) is 5.91 Å². The van der Waals surface area contributed by atoms with Gasteiger partial charge in [-0.1, -0.05) is 55.5 Å². The van der Waals surface area contributed by atoms with Crippen LogP contribution in [0.25, 0.3) is 10.9 Å². The lowest BCUT2D eigenvalue weighted by Crippen LogP contribution is -2.48. The molecule has 0 radical (unpaired) electrons. The SMILES string of the molecule is CCc1cn(CCCOC)c2ccc(C(=O)N[C@@H](Cc3ccccc3)[C@H](O)CNCc3cccc(C(F)(F)F)c3)cc12. The maximum absolute atomic E-state index is 13.5. The topological polar surface area (TPSA) is 75.5 Å². The summed E-state index contributed by atoms with van der Waals surface area (Å²) in [5.74, 6) is -0.302. The number of aliphatic hydroxyl groups excluding tert-OH is 1. The number of aromatic nitrogens is 1. The van der Waals surface area contributed by atoms with E-state index in [9.17, 15) is 23.1 Å². The normalized spacial score (nSPS) is 13.3. The number of carbonyl (C=O) groups is 1. The lowest BCUT2D eigenvalue weighted by molar-refractivity contribution is -0.137. The molecular weight excluding hydrogens is 543 g/mol. The van der Waals surface area contributed by atoms with E-state index in [-0.39, 0.29) is 19.0 Å². The highest BCUT2D eigenvalue weighted by Crippen LogP contribution is 2.29. The first-order chi connectivity index (χ1) is 20.2. The molecule has 3 aromatic carbocycles. The van der Waals surface area contributed by atoms with Gasteiger partial charge in [-0.25, -0.2) is 0 Å². The van der Waals surface area contributed by atoms with Crippen LogP contribution in [-0.2, 0) is 36.8 Å². The molecule has 0 aliphatic carbocycles. The molecule has 42 heavy (non-hydrogen) atoms. The van der Waals surface area contributed by atoms with Gasteiger partial charge in [0, 0.05) is 56.0 Å². The average molecular weight is 582 g/mol. The maximum atomic E-state index is 13.5. The summed E-state index contributed by atoms with van der Waals surface area (Å²) in [7, 11) is 1.69. The Labute approximate surface area is 244 Å². The molecule has 0 aliphatic rings. The number of hydrogen-bond donors (Lipinski definition) is 3. The first-order valence-corrected chi connectivity index (χ1v) is 14.2. The number of alkyl halides is 3. The zero-order valence-electron chi connectivity index (χ0n) is 24.0. The van der Waals surface area contributed by atoms with Crippen molar-refractivity contribution >= 4 is 16.8 Å². The molecule has 0 saturated heterocycles. The number of amides is 1. The Kier molecular flexibility index (Phi) is 10.8. The summed E-state index contributed by atoms with van der Waals surface area (Å²) in [5, 5.41) is 18.2. The minimum atomic E-state index is -4.42. The second kappa shape index (κ2) is 14.5. The van der Waals surface area contributed by atoms with Crippen molar-refractivity contribution in [2.75, 3.05) is 20.3 Å². The fourth-order valence-electron chi connectivity index (χ4n) is 5.13. The van der Waals surface area contributed by atoms with Gasteiger partial charge in [0.05, 0.1) is 17.7 Å². The average Bonchev–Trinajstić information content (AvgIpc) is 3.34. The van der Waals surface area contributed by atoms with Crippen LogP contribution in [0.15, 0.2) is 79.0 Å². The second-order valence-corrected chi connectivity index (χ2v) is 10.4. The fourth-order valence-corrected chi connectivity index (χ4v) is 5.13. The molecule has 0 bridgehead atoms. The van der Waals surface area contributed by atoms with Crippen molar-refractivity contribution in [1.82, 2.24) is 15.2 Å². The summed E-state index contributed by atoms with van der Waals surface area (Å²) in [6, 6.07) is 19.6. The number of halogens is 3. The number of rotatable bonds is 14. The number of nitrogens with zero attached hydrogens (tertiary/aromatic N) is 1. The van der Waals surface area contributed by atoms with E-state index < -0.39 is 23.9 Å². The molecule has 6 nitrogen and oxygen atoms in total. The number of aliphatic hydroxyl groups is 1. The van der Waals surface area contributed by atoms with E-state index in [1.165, 1.54) is 6.07 Å².